The molecule has 0 unspecified atom stereocenters. The molecular weight excluding hydrogens is 296 g/mol. The standard InChI is InChI=1S/C13H15ClF4N2/c14-10-2-1-9(7-11(10)15)12(8-13(16,17)18)20-5-3-19-4-6-20/h1-2,7,12,19H,3-6,8H2/t12-/m0/s1. The molecule has 2 rings (SSSR count). The van der Waals surface area contributed by atoms with Gasteiger partial charge in [-0.15, -0.1) is 0 Å². The number of rotatable bonds is 3. The Morgan fingerprint density at radius 1 is 1.25 bits per heavy atom. The Kier molecular flexibility index (Phi) is 4.88. The van der Waals surface area contributed by atoms with Gasteiger partial charge in [0, 0.05) is 32.2 Å². The highest BCUT2D eigenvalue weighted by Crippen LogP contribution is 2.34. The Balaban J connectivity index is 2.26. The van der Waals surface area contributed by atoms with Gasteiger partial charge in [0.2, 0.25) is 0 Å². The summed E-state index contributed by atoms with van der Waals surface area (Å²) in [6, 6.07) is 2.99. The number of nitrogens with zero attached hydrogens (tertiary/aromatic N) is 1. The average molecular weight is 311 g/mol. The highest BCUT2D eigenvalue weighted by atomic mass is 35.5. The smallest absolute Gasteiger partial charge is 0.314 e. The van der Waals surface area contributed by atoms with Crippen molar-refractivity contribution < 1.29 is 17.6 Å². The summed E-state index contributed by atoms with van der Waals surface area (Å²) in [5.74, 6) is -0.688. The van der Waals surface area contributed by atoms with E-state index in [1.807, 2.05) is 0 Å². The van der Waals surface area contributed by atoms with Crippen molar-refractivity contribution in [1.29, 1.82) is 0 Å². The van der Waals surface area contributed by atoms with E-state index in [0.29, 0.717) is 31.7 Å². The number of nitrogens with one attached hydrogen (secondary N) is 1. The number of hydrogen-bond acceptors (Lipinski definition) is 2. The van der Waals surface area contributed by atoms with Crippen LogP contribution in [0.15, 0.2) is 18.2 Å². The molecule has 1 aromatic carbocycles. The van der Waals surface area contributed by atoms with Crippen LogP contribution < -0.4 is 5.32 Å². The minimum atomic E-state index is -4.30. The summed E-state index contributed by atoms with van der Waals surface area (Å²) in [5, 5.41) is 3.00. The van der Waals surface area contributed by atoms with E-state index in [2.05, 4.69) is 5.32 Å². The minimum absolute atomic E-state index is 0.0835. The van der Waals surface area contributed by atoms with Crippen LogP contribution in [0.2, 0.25) is 5.02 Å². The molecule has 1 saturated heterocycles. The Bertz CT molecular complexity index is 458. The second-order valence-corrected chi connectivity index (χ2v) is 5.20. The Labute approximate surface area is 119 Å². The van der Waals surface area contributed by atoms with Gasteiger partial charge in [-0.25, -0.2) is 4.39 Å². The quantitative estimate of drug-likeness (QED) is 0.861. The lowest BCUT2D eigenvalue weighted by molar-refractivity contribution is -0.148. The van der Waals surface area contributed by atoms with Crippen molar-refractivity contribution in [2.75, 3.05) is 26.2 Å². The van der Waals surface area contributed by atoms with E-state index in [4.69, 9.17) is 11.6 Å². The first-order chi connectivity index (χ1) is 9.37. The van der Waals surface area contributed by atoms with Crippen molar-refractivity contribution in [3.63, 3.8) is 0 Å². The molecule has 1 N–H and O–H groups in total. The second kappa shape index (κ2) is 6.28. The predicted molar refractivity (Wildman–Crippen MR) is 69.3 cm³/mol. The number of hydrogen-bond donors (Lipinski definition) is 1. The van der Waals surface area contributed by atoms with Gasteiger partial charge in [0.15, 0.2) is 0 Å². The van der Waals surface area contributed by atoms with Crippen LogP contribution in [0.3, 0.4) is 0 Å². The van der Waals surface area contributed by atoms with Gasteiger partial charge in [0.05, 0.1) is 11.4 Å². The largest absolute Gasteiger partial charge is 0.390 e. The van der Waals surface area contributed by atoms with E-state index >= 15 is 0 Å². The molecule has 0 radical (unpaired) electrons. The maximum Gasteiger partial charge on any atom is 0.390 e. The normalized spacial score (nSPS) is 19.1. The molecule has 1 aromatic rings. The maximum atomic E-state index is 13.5. The Hall–Kier alpha value is -0.850. The molecule has 20 heavy (non-hydrogen) atoms. The van der Waals surface area contributed by atoms with Gasteiger partial charge < -0.3 is 5.32 Å². The summed E-state index contributed by atoms with van der Waals surface area (Å²) in [7, 11) is 0. The average Bonchev–Trinajstić information content (AvgIpc) is 2.39. The van der Waals surface area contributed by atoms with Gasteiger partial charge in [0.25, 0.3) is 0 Å². The lowest BCUT2D eigenvalue weighted by Crippen LogP contribution is -2.46. The lowest BCUT2D eigenvalue weighted by atomic mass is 10.0. The number of alkyl halides is 3. The maximum absolute atomic E-state index is 13.5. The minimum Gasteiger partial charge on any atom is -0.314 e. The third kappa shape index (κ3) is 4.07. The van der Waals surface area contributed by atoms with Crippen LogP contribution in [0.25, 0.3) is 0 Å². The molecule has 1 heterocycles. The number of benzene rings is 1. The van der Waals surface area contributed by atoms with Gasteiger partial charge in [-0.05, 0) is 17.7 Å². The Morgan fingerprint density at radius 2 is 1.90 bits per heavy atom. The van der Waals surface area contributed by atoms with Gasteiger partial charge in [-0.3, -0.25) is 4.90 Å². The van der Waals surface area contributed by atoms with Crippen LogP contribution in [0.1, 0.15) is 18.0 Å². The molecule has 7 heteroatoms. The third-order valence-electron chi connectivity index (χ3n) is 3.35. The van der Waals surface area contributed by atoms with Crippen molar-refractivity contribution in [3.05, 3.63) is 34.6 Å². The van der Waals surface area contributed by atoms with Crippen LogP contribution in [-0.2, 0) is 0 Å². The van der Waals surface area contributed by atoms with Crippen LogP contribution in [-0.4, -0.2) is 37.3 Å². The summed E-state index contributed by atoms with van der Waals surface area (Å²) < 4.78 is 51.8. The SMILES string of the molecule is Fc1cc([C@H](CC(F)(F)F)N2CCNCC2)ccc1Cl. The highest BCUT2D eigenvalue weighted by Gasteiger charge is 2.36. The molecule has 2 nitrogen and oxygen atoms in total. The van der Waals surface area contributed by atoms with Gasteiger partial charge >= 0.3 is 6.18 Å². The first-order valence-electron chi connectivity index (χ1n) is 6.33. The van der Waals surface area contributed by atoms with E-state index in [0.717, 1.165) is 6.07 Å². The van der Waals surface area contributed by atoms with Crippen LogP contribution >= 0.6 is 11.6 Å². The molecule has 0 saturated carbocycles. The molecular formula is C13H15ClF4N2. The predicted octanol–water partition coefficient (Wildman–Crippen LogP) is 3.38. The molecule has 0 amide bonds. The molecule has 1 atom stereocenters. The summed E-state index contributed by atoms with van der Waals surface area (Å²) in [6.45, 7) is 2.27. The van der Waals surface area contributed by atoms with E-state index in [1.54, 1.807) is 4.90 Å². The number of piperazine rings is 1. The first kappa shape index (κ1) is 15.5. The molecule has 0 aliphatic carbocycles. The molecule has 1 fully saturated rings. The lowest BCUT2D eigenvalue weighted by Gasteiger charge is -2.35. The van der Waals surface area contributed by atoms with Gasteiger partial charge in [-0.2, -0.15) is 13.2 Å². The molecule has 0 bridgehead atoms. The van der Waals surface area contributed by atoms with Crippen molar-refractivity contribution in [2.45, 2.75) is 18.6 Å². The summed E-state index contributed by atoms with van der Waals surface area (Å²) >= 11 is 5.58. The van der Waals surface area contributed by atoms with E-state index in [9.17, 15) is 17.6 Å². The highest BCUT2D eigenvalue weighted by molar-refractivity contribution is 6.30. The summed E-state index contributed by atoms with van der Waals surface area (Å²) in [4.78, 5) is 1.73. The molecule has 1 aliphatic rings. The second-order valence-electron chi connectivity index (χ2n) is 4.79. The van der Waals surface area contributed by atoms with Crippen molar-refractivity contribution >= 4 is 11.6 Å². The first-order valence-corrected chi connectivity index (χ1v) is 6.71. The van der Waals surface area contributed by atoms with Gasteiger partial charge in [-0.1, -0.05) is 17.7 Å². The van der Waals surface area contributed by atoms with Crippen molar-refractivity contribution in [1.82, 2.24) is 10.2 Å². The fourth-order valence-electron chi connectivity index (χ4n) is 2.39. The molecule has 112 valence electrons. The molecule has 0 aromatic heterocycles. The zero-order valence-electron chi connectivity index (χ0n) is 10.7. The van der Waals surface area contributed by atoms with E-state index in [-0.39, 0.29) is 5.02 Å². The Morgan fingerprint density at radius 3 is 2.45 bits per heavy atom. The zero-order valence-corrected chi connectivity index (χ0v) is 11.4. The molecule has 0 spiro atoms. The van der Waals surface area contributed by atoms with E-state index in [1.165, 1.54) is 12.1 Å². The fraction of sp³-hybridized carbons (Fsp3) is 0.538. The van der Waals surface area contributed by atoms with Crippen LogP contribution in [0, 0.1) is 5.82 Å². The summed E-state index contributed by atoms with van der Waals surface area (Å²) in [5.41, 5.74) is 0.311. The van der Waals surface area contributed by atoms with Crippen molar-refractivity contribution in [2.24, 2.45) is 0 Å². The molecule has 1 aliphatic heterocycles. The summed E-state index contributed by atoms with van der Waals surface area (Å²) in [6.07, 6.45) is -5.29. The van der Waals surface area contributed by atoms with Crippen LogP contribution in [0.5, 0.6) is 0 Å². The fourth-order valence-corrected chi connectivity index (χ4v) is 2.51. The monoisotopic (exact) mass is 310 g/mol. The zero-order chi connectivity index (χ0) is 14.8. The van der Waals surface area contributed by atoms with Crippen LogP contribution in [0.4, 0.5) is 17.6 Å². The van der Waals surface area contributed by atoms with Crippen molar-refractivity contribution in [3.8, 4) is 0 Å². The van der Waals surface area contributed by atoms with E-state index < -0.39 is 24.5 Å². The third-order valence-corrected chi connectivity index (χ3v) is 3.65. The topological polar surface area (TPSA) is 15.3 Å². The number of halogens is 5. The van der Waals surface area contributed by atoms with Gasteiger partial charge in [0.1, 0.15) is 5.82 Å².